The minimum Gasteiger partial charge on any atom is -0.454 e. The third kappa shape index (κ3) is 3.60. The van der Waals surface area contributed by atoms with E-state index in [-0.39, 0.29) is 31.1 Å². The topological polar surface area (TPSA) is 73.6 Å². The number of ether oxygens (including phenoxy) is 2. The van der Waals surface area contributed by atoms with Gasteiger partial charge in [-0.25, -0.2) is 0 Å². The Kier molecular flexibility index (Phi) is 5.31. The first-order valence-electron chi connectivity index (χ1n) is 7.14. The molecule has 3 rings (SSSR count). The molecular weight excluding hydrogens is 292 g/mol. The molecule has 21 heavy (non-hydrogen) atoms. The van der Waals surface area contributed by atoms with Crippen LogP contribution in [0, 0.1) is 5.92 Å². The van der Waals surface area contributed by atoms with Gasteiger partial charge in [-0.05, 0) is 43.0 Å². The molecule has 1 heterocycles. The van der Waals surface area contributed by atoms with Crippen LogP contribution < -0.4 is 20.5 Å². The predicted octanol–water partition coefficient (Wildman–Crippen LogP) is 1.62. The van der Waals surface area contributed by atoms with Gasteiger partial charge in [0.05, 0.1) is 6.42 Å². The maximum atomic E-state index is 12.1. The van der Waals surface area contributed by atoms with Crippen LogP contribution >= 0.6 is 12.4 Å². The van der Waals surface area contributed by atoms with E-state index in [9.17, 15) is 4.79 Å². The van der Waals surface area contributed by atoms with Crippen molar-refractivity contribution in [3.05, 3.63) is 23.8 Å². The van der Waals surface area contributed by atoms with E-state index in [0.717, 1.165) is 36.3 Å². The summed E-state index contributed by atoms with van der Waals surface area (Å²) in [4.78, 5) is 12.1. The molecule has 1 amide bonds. The lowest BCUT2D eigenvalue weighted by Crippen LogP contribution is -2.40. The summed E-state index contributed by atoms with van der Waals surface area (Å²) in [5.41, 5.74) is 6.67. The average molecular weight is 313 g/mol. The molecule has 116 valence electrons. The van der Waals surface area contributed by atoms with Crippen LogP contribution in [0.4, 0.5) is 0 Å². The van der Waals surface area contributed by atoms with Crippen molar-refractivity contribution < 1.29 is 14.3 Å². The van der Waals surface area contributed by atoms with E-state index in [1.165, 1.54) is 0 Å². The van der Waals surface area contributed by atoms with Crippen LogP contribution in [0.3, 0.4) is 0 Å². The summed E-state index contributed by atoms with van der Waals surface area (Å²) >= 11 is 0. The molecule has 1 aromatic carbocycles. The number of carbonyl (C=O) groups excluding carboxylic acids is 1. The number of fused-ring (bicyclic) bond motifs is 1. The molecule has 1 aliphatic heterocycles. The van der Waals surface area contributed by atoms with Crippen LogP contribution in [0.5, 0.6) is 11.5 Å². The molecule has 3 N–H and O–H groups in total. The first kappa shape index (κ1) is 15.9. The Bertz CT molecular complexity index is 510. The van der Waals surface area contributed by atoms with Gasteiger partial charge < -0.3 is 20.5 Å². The van der Waals surface area contributed by atoms with Crippen molar-refractivity contribution in [2.45, 2.75) is 31.7 Å². The van der Waals surface area contributed by atoms with Crippen LogP contribution in [0.15, 0.2) is 18.2 Å². The second-order valence-electron chi connectivity index (χ2n) is 5.47. The standard InChI is InChI=1S/C15H20N2O3.ClH/c16-8-11-2-1-3-12(11)17-15(18)7-10-4-5-13-14(6-10)20-9-19-13;/h4-6,11-12H,1-3,7-9,16H2,(H,17,18);1H. The summed E-state index contributed by atoms with van der Waals surface area (Å²) in [5, 5.41) is 3.11. The third-order valence-electron chi connectivity index (χ3n) is 4.11. The minimum absolute atomic E-state index is 0. The van der Waals surface area contributed by atoms with Gasteiger partial charge in [0.1, 0.15) is 0 Å². The largest absolute Gasteiger partial charge is 0.454 e. The summed E-state index contributed by atoms with van der Waals surface area (Å²) in [7, 11) is 0. The van der Waals surface area contributed by atoms with E-state index in [4.69, 9.17) is 15.2 Å². The summed E-state index contributed by atoms with van der Waals surface area (Å²) in [6.07, 6.45) is 3.67. The number of hydrogen-bond donors (Lipinski definition) is 2. The smallest absolute Gasteiger partial charge is 0.231 e. The zero-order valence-corrected chi connectivity index (χ0v) is 12.7. The molecule has 0 aromatic heterocycles. The lowest BCUT2D eigenvalue weighted by Gasteiger charge is -2.19. The number of benzene rings is 1. The first-order chi connectivity index (χ1) is 9.76. The molecule has 0 bridgehead atoms. The highest BCUT2D eigenvalue weighted by Gasteiger charge is 2.27. The van der Waals surface area contributed by atoms with Crippen molar-refractivity contribution in [3.63, 3.8) is 0 Å². The fourth-order valence-corrected chi connectivity index (χ4v) is 3.00. The predicted molar refractivity (Wildman–Crippen MR) is 81.8 cm³/mol. The van der Waals surface area contributed by atoms with Gasteiger partial charge in [0.2, 0.25) is 12.7 Å². The Morgan fingerprint density at radius 2 is 2.10 bits per heavy atom. The number of carbonyl (C=O) groups is 1. The molecular formula is C15H21ClN2O3. The summed E-state index contributed by atoms with van der Waals surface area (Å²) < 4.78 is 10.6. The van der Waals surface area contributed by atoms with E-state index >= 15 is 0 Å². The molecule has 2 unspecified atom stereocenters. The Balaban J connectivity index is 0.00000161. The van der Waals surface area contributed by atoms with Crippen molar-refractivity contribution in [1.29, 1.82) is 0 Å². The van der Waals surface area contributed by atoms with E-state index in [1.54, 1.807) is 0 Å². The monoisotopic (exact) mass is 312 g/mol. The molecule has 2 aliphatic rings. The van der Waals surface area contributed by atoms with Crippen molar-refractivity contribution in [3.8, 4) is 11.5 Å². The highest BCUT2D eigenvalue weighted by Crippen LogP contribution is 2.32. The quantitative estimate of drug-likeness (QED) is 0.886. The number of rotatable bonds is 4. The minimum atomic E-state index is 0. The second kappa shape index (κ2) is 7.00. The lowest BCUT2D eigenvalue weighted by atomic mass is 10.0. The van der Waals surface area contributed by atoms with E-state index in [0.29, 0.717) is 18.9 Å². The molecule has 6 heteroatoms. The molecule has 1 saturated carbocycles. The zero-order valence-electron chi connectivity index (χ0n) is 11.8. The van der Waals surface area contributed by atoms with Crippen molar-refractivity contribution in [2.75, 3.05) is 13.3 Å². The van der Waals surface area contributed by atoms with Crippen LogP contribution in [-0.4, -0.2) is 25.3 Å². The molecule has 2 atom stereocenters. The maximum absolute atomic E-state index is 12.1. The Hall–Kier alpha value is -1.46. The number of nitrogens with two attached hydrogens (primary N) is 1. The maximum Gasteiger partial charge on any atom is 0.231 e. The van der Waals surface area contributed by atoms with Gasteiger partial charge in [-0.15, -0.1) is 12.4 Å². The SMILES string of the molecule is Cl.NCC1CCCC1NC(=O)Cc1ccc2c(c1)OCO2. The van der Waals surface area contributed by atoms with Crippen LogP contribution in [0.1, 0.15) is 24.8 Å². The Labute approximate surface area is 130 Å². The normalized spacial score (nSPS) is 22.7. The lowest BCUT2D eigenvalue weighted by molar-refractivity contribution is -0.121. The zero-order chi connectivity index (χ0) is 13.9. The highest BCUT2D eigenvalue weighted by atomic mass is 35.5. The number of nitrogens with one attached hydrogen (secondary N) is 1. The van der Waals surface area contributed by atoms with Gasteiger partial charge in [0, 0.05) is 6.04 Å². The summed E-state index contributed by atoms with van der Waals surface area (Å²) in [6, 6.07) is 5.86. The fourth-order valence-electron chi connectivity index (χ4n) is 3.00. The van der Waals surface area contributed by atoms with Gasteiger partial charge in [-0.2, -0.15) is 0 Å². The van der Waals surface area contributed by atoms with Crippen molar-refractivity contribution in [1.82, 2.24) is 5.32 Å². The Morgan fingerprint density at radius 1 is 1.29 bits per heavy atom. The molecule has 1 aliphatic carbocycles. The molecule has 0 saturated heterocycles. The molecule has 0 radical (unpaired) electrons. The second-order valence-corrected chi connectivity index (χ2v) is 5.47. The summed E-state index contributed by atoms with van der Waals surface area (Å²) in [6.45, 7) is 0.903. The van der Waals surface area contributed by atoms with Gasteiger partial charge in [0.15, 0.2) is 11.5 Å². The van der Waals surface area contributed by atoms with Gasteiger partial charge in [-0.1, -0.05) is 12.5 Å². The van der Waals surface area contributed by atoms with E-state index < -0.39 is 0 Å². The number of halogens is 1. The van der Waals surface area contributed by atoms with Gasteiger partial charge in [-0.3, -0.25) is 4.79 Å². The fraction of sp³-hybridized carbons (Fsp3) is 0.533. The van der Waals surface area contributed by atoms with Crippen LogP contribution in [-0.2, 0) is 11.2 Å². The van der Waals surface area contributed by atoms with E-state index in [2.05, 4.69) is 5.32 Å². The molecule has 0 spiro atoms. The van der Waals surface area contributed by atoms with Crippen molar-refractivity contribution in [2.24, 2.45) is 11.7 Å². The number of hydrogen-bond acceptors (Lipinski definition) is 4. The highest BCUT2D eigenvalue weighted by molar-refractivity contribution is 5.85. The number of amides is 1. The first-order valence-corrected chi connectivity index (χ1v) is 7.14. The average Bonchev–Trinajstić information content (AvgIpc) is 3.06. The van der Waals surface area contributed by atoms with E-state index in [1.807, 2.05) is 18.2 Å². The Morgan fingerprint density at radius 3 is 2.90 bits per heavy atom. The third-order valence-corrected chi connectivity index (χ3v) is 4.11. The van der Waals surface area contributed by atoms with Crippen LogP contribution in [0.25, 0.3) is 0 Å². The van der Waals surface area contributed by atoms with Gasteiger partial charge in [0.25, 0.3) is 0 Å². The van der Waals surface area contributed by atoms with Crippen molar-refractivity contribution >= 4 is 18.3 Å². The van der Waals surface area contributed by atoms with Crippen LogP contribution in [0.2, 0.25) is 0 Å². The molecule has 5 nitrogen and oxygen atoms in total. The molecule has 1 aromatic rings. The van der Waals surface area contributed by atoms with Gasteiger partial charge >= 0.3 is 0 Å². The summed E-state index contributed by atoms with van der Waals surface area (Å²) in [5.74, 6) is 1.94. The molecule has 1 fully saturated rings.